The predicted molar refractivity (Wildman–Crippen MR) is 95.4 cm³/mol. The van der Waals surface area contributed by atoms with Crippen molar-refractivity contribution in [1.29, 1.82) is 0 Å². The highest BCUT2D eigenvalue weighted by Gasteiger charge is 2.11. The van der Waals surface area contributed by atoms with Crippen LogP contribution >= 0.6 is 0 Å². The number of nitrogens with zero attached hydrogens (tertiary/aromatic N) is 3. The molecule has 0 radical (unpaired) electrons. The number of nitrogens with one attached hydrogen (secondary N) is 1. The Morgan fingerprint density at radius 1 is 1.12 bits per heavy atom. The lowest BCUT2D eigenvalue weighted by molar-refractivity contribution is -0.116. The zero-order chi connectivity index (χ0) is 17.1. The molecule has 122 valence electrons. The predicted octanol–water partition coefficient (Wildman–Crippen LogP) is 2.10. The molecule has 0 unspecified atom stereocenters. The monoisotopic (exact) mass is 322 g/mol. The molecule has 0 fully saturated rings. The van der Waals surface area contributed by atoms with Crippen LogP contribution in [0.5, 0.6) is 0 Å². The van der Waals surface area contributed by atoms with Crippen molar-refractivity contribution < 1.29 is 4.79 Å². The van der Waals surface area contributed by atoms with E-state index in [-0.39, 0.29) is 18.0 Å². The number of rotatable bonds is 4. The Morgan fingerprint density at radius 2 is 1.83 bits per heavy atom. The first-order chi connectivity index (χ1) is 11.6. The van der Waals surface area contributed by atoms with Gasteiger partial charge in [-0.3, -0.25) is 14.2 Å². The first kappa shape index (κ1) is 15.7. The van der Waals surface area contributed by atoms with E-state index in [1.165, 1.54) is 10.8 Å². The van der Waals surface area contributed by atoms with Crippen LogP contribution in [0, 0.1) is 0 Å². The molecule has 0 bridgehead atoms. The minimum Gasteiger partial charge on any atom is -0.376 e. The maximum atomic E-state index is 12.4. The molecule has 0 saturated heterocycles. The first-order valence-electron chi connectivity index (χ1n) is 7.57. The van der Waals surface area contributed by atoms with Crippen molar-refractivity contribution in [3.8, 4) is 0 Å². The molecule has 1 amide bonds. The highest BCUT2D eigenvalue weighted by atomic mass is 16.2. The van der Waals surface area contributed by atoms with Crippen LogP contribution in [-0.4, -0.2) is 29.6 Å². The van der Waals surface area contributed by atoms with Crippen LogP contribution < -0.4 is 15.8 Å². The van der Waals surface area contributed by atoms with Gasteiger partial charge in [0.05, 0.1) is 28.6 Å². The van der Waals surface area contributed by atoms with Gasteiger partial charge >= 0.3 is 0 Å². The van der Waals surface area contributed by atoms with E-state index in [1.807, 2.05) is 61.5 Å². The highest BCUT2D eigenvalue weighted by Crippen LogP contribution is 2.23. The average molecular weight is 322 g/mol. The van der Waals surface area contributed by atoms with Gasteiger partial charge in [0.15, 0.2) is 0 Å². The van der Waals surface area contributed by atoms with Gasteiger partial charge in [0.2, 0.25) is 5.91 Å². The van der Waals surface area contributed by atoms with E-state index in [4.69, 9.17) is 0 Å². The van der Waals surface area contributed by atoms with Crippen LogP contribution in [0.4, 0.5) is 11.4 Å². The summed E-state index contributed by atoms with van der Waals surface area (Å²) in [6, 6.07) is 14.8. The highest BCUT2D eigenvalue weighted by molar-refractivity contribution is 5.94. The number of aromatic nitrogens is 2. The number of benzene rings is 2. The van der Waals surface area contributed by atoms with Crippen LogP contribution in [-0.2, 0) is 11.3 Å². The van der Waals surface area contributed by atoms with Crippen molar-refractivity contribution in [2.24, 2.45) is 0 Å². The van der Waals surface area contributed by atoms with Gasteiger partial charge < -0.3 is 10.2 Å². The smallest absolute Gasteiger partial charge is 0.269 e. The van der Waals surface area contributed by atoms with Crippen LogP contribution in [0.25, 0.3) is 11.0 Å². The lowest BCUT2D eigenvalue weighted by Crippen LogP contribution is -2.28. The van der Waals surface area contributed by atoms with Gasteiger partial charge in [0.25, 0.3) is 5.56 Å². The third kappa shape index (κ3) is 3.12. The average Bonchev–Trinajstić information content (AvgIpc) is 2.58. The molecule has 0 spiro atoms. The maximum Gasteiger partial charge on any atom is 0.269 e. The summed E-state index contributed by atoms with van der Waals surface area (Å²) < 4.78 is 1.43. The summed E-state index contributed by atoms with van der Waals surface area (Å²) in [7, 11) is 3.82. The SMILES string of the molecule is CN(C)c1ccccc1NC(=O)Cn1c(=O)cnc2ccccc21. The van der Waals surface area contributed by atoms with Gasteiger partial charge in [-0.1, -0.05) is 24.3 Å². The summed E-state index contributed by atoms with van der Waals surface area (Å²) in [4.78, 5) is 30.6. The van der Waals surface area contributed by atoms with Crippen LogP contribution in [0.15, 0.2) is 59.5 Å². The lowest BCUT2D eigenvalue weighted by atomic mass is 10.2. The van der Waals surface area contributed by atoms with Crippen molar-refractivity contribution in [1.82, 2.24) is 9.55 Å². The van der Waals surface area contributed by atoms with Crippen LogP contribution in [0.1, 0.15) is 0 Å². The Balaban J connectivity index is 1.89. The number of hydrogen-bond donors (Lipinski definition) is 1. The number of para-hydroxylation sites is 4. The first-order valence-corrected chi connectivity index (χ1v) is 7.57. The fraction of sp³-hybridized carbons (Fsp3) is 0.167. The van der Waals surface area contributed by atoms with E-state index < -0.39 is 0 Å². The fourth-order valence-corrected chi connectivity index (χ4v) is 2.58. The summed E-state index contributed by atoms with van der Waals surface area (Å²) in [5.41, 5.74) is 2.63. The molecule has 0 aliphatic rings. The van der Waals surface area contributed by atoms with E-state index in [0.717, 1.165) is 5.69 Å². The minimum atomic E-state index is -0.301. The molecule has 6 nitrogen and oxygen atoms in total. The summed E-state index contributed by atoms with van der Waals surface area (Å²) in [6.45, 7) is -0.0658. The van der Waals surface area contributed by atoms with E-state index in [1.54, 1.807) is 6.07 Å². The summed E-state index contributed by atoms with van der Waals surface area (Å²) in [5, 5.41) is 2.87. The van der Waals surface area contributed by atoms with Gasteiger partial charge in [-0.25, -0.2) is 4.98 Å². The van der Waals surface area contributed by atoms with Crippen molar-refractivity contribution in [2.45, 2.75) is 6.54 Å². The third-order valence-corrected chi connectivity index (χ3v) is 3.71. The largest absolute Gasteiger partial charge is 0.376 e. The number of hydrogen-bond acceptors (Lipinski definition) is 4. The van der Waals surface area contributed by atoms with Gasteiger partial charge in [0.1, 0.15) is 6.54 Å². The van der Waals surface area contributed by atoms with Gasteiger partial charge in [0, 0.05) is 14.1 Å². The Hall–Kier alpha value is -3.15. The standard InChI is InChI=1S/C18H18N4O2/c1-21(2)15-9-5-4-8-14(15)20-17(23)12-22-16-10-6-3-7-13(16)19-11-18(22)24/h3-11H,12H2,1-2H3,(H,20,23). The summed E-state index contributed by atoms with van der Waals surface area (Å²) in [6.07, 6.45) is 1.24. The molecule has 3 rings (SSSR count). The Morgan fingerprint density at radius 3 is 2.62 bits per heavy atom. The van der Waals surface area contributed by atoms with Gasteiger partial charge in [-0.05, 0) is 24.3 Å². The second-order valence-electron chi connectivity index (χ2n) is 5.63. The summed E-state index contributed by atoms with van der Waals surface area (Å²) in [5.74, 6) is -0.261. The van der Waals surface area contributed by atoms with E-state index in [9.17, 15) is 9.59 Å². The molecule has 3 aromatic rings. The van der Waals surface area contributed by atoms with Crippen LogP contribution in [0.2, 0.25) is 0 Å². The maximum absolute atomic E-state index is 12.4. The molecule has 0 atom stereocenters. The van der Waals surface area contributed by atoms with Crippen molar-refractivity contribution >= 4 is 28.3 Å². The molecule has 1 heterocycles. The number of amides is 1. The number of fused-ring (bicyclic) bond motifs is 1. The molecule has 0 saturated carbocycles. The lowest BCUT2D eigenvalue weighted by Gasteiger charge is -2.18. The molecular weight excluding hydrogens is 304 g/mol. The van der Waals surface area contributed by atoms with Crippen molar-refractivity contribution in [3.63, 3.8) is 0 Å². The molecule has 6 heteroatoms. The second-order valence-corrected chi connectivity index (χ2v) is 5.63. The zero-order valence-corrected chi connectivity index (χ0v) is 13.6. The van der Waals surface area contributed by atoms with Crippen molar-refractivity contribution in [2.75, 3.05) is 24.3 Å². The second kappa shape index (κ2) is 6.54. The quantitative estimate of drug-likeness (QED) is 0.799. The Bertz CT molecular complexity index is 947. The molecular formula is C18H18N4O2. The molecule has 1 aromatic heterocycles. The summed E-state index contributed by atoms with van der Waals surface area (Å²) >= 11 is 0. The molecule has 0 aliphatic heterocycles. The number of carbonyl (C=O) groups excluding carboxylic acids is 1. The van der Waals surface area contributed by atoms with Crippen molar-refractivity contribution in [3.05, 3.63) is 65.1 Å². The van der Waals surface area contributed by atoms with E-state index >= 15 is 0 Å². The minimum absolute atomic E-state index is 0.0658. The van der Waals surface area contributed by atoms with Gasteiger partial charge in [-0.15, -0.1) is 0 Å². The van der Waals surface area contributed by atoms with Crippen LogP contribution in [0.3, 0.4) is 0 Å². The number of anilines is 2. The molecule has 0 aliphatic carbocycles. The zero-order valence-electron chi connectivity index (χ0n) is 13.6. The van der Waals surface area contributed by atoms with Gasteiger partial charge in [-0.2, -0.15) is 0 Å². The van der Waals surface area contributed by atoms with E-state index in [0.29, 0.717) is 16.7 Å². The Labute approximate surface area is 139 Å². The normalized spacial score (nSPS) is 10.6. The molecule has 24 heavy (non-hydrogen) atoms. The molecule has 2 aromatic carbocycles. The third-order valence-electron chi connectivity index (χ3n) is 3.71. The van der Waals surface area contributed by atoms with E-state index in [2.05, 4.69) is 10.3 Å². The Kier molecular flexibility index (Phi) is 4.29. The topological polar surface area (TPSA) is 67.2 Å². The fourth-order valence-electron chi connectivity index (χ4n) is 2.58. The molecule has 1 N–H and O–H groups in total. The number of carbonyl (C=O) groups is 1.